The Morgan fingerprint density at radius 2 is 2.05 bits per heavy atom. The van der Waals surface area contributed by atoms with Crippen LogP contribution in [0.3, 0.4) is 0 Å². The molecule has 1 aliphatic carbocycles. The van der Waals surface area contributed by atoms with E-state index in [1.165, 1.54) is 12.8 Å². The number of ether oxygens (including phenoxy) is 1. The molecule has 1 N–H and O–H groups in total. The fourth-order valence-electron chi connectivity index (χ4n) is 2.16. The van der Waals surface area contributed by atoms with E-state index in [1.54, 1.807) is 0 Å². The van der Waals surface area contributed by atoms with Gasteiger partial charge in [-0.1, -0.05) is 0 Å². The number of hydrogen-bond donors (Lipinski definition) is 1. The smallest absolute Gasteiger partial charge is 0.247 e. The molecule has 0 radical (unpaired) electrons. The Hall–Kier alpha value is -1.88. The highest BCUT2D eigenvalue weighted by atomic mass is 16.5. The molecule has 2 aromatic rings. The Morgan fingerprint density at radius 3 is 2.76 bits per heavy atom. The number of aromatic nitrogens is 2. The summed E-state index contributed by atoms with van der Waals surface area (Å²) in [5.74, 6) is 2.13. The largest absolute Gasteiger partial charge is 0.494 e. The SMILES string of the molecule is CCOc1ccc(-c2nnc(CCCNC3CC3)o2)cc1. The first-order valence-corrected chi connectivity index (χ1v) is 7.64. The van der Waals surface area contributed by atoms with Crippen molar-refractivity contribution in [2.75, 3.05) is 13.2 Å². The molecular weight excluding hydrogens is 266 g/mol. The summed E-state index contributed by atoms with van der Waals surface area (Å²) >= 11 is 0. The van der Waals surface area contributed by atoms with Crippen molar-refractivity contribution in [3.8, 4) is 17.2 Å². The van der Waals surface area contributed by atoms with E-state index in [0.717, 1.165) is 36.7 Å². The molecule has 0 unspecified atom stereocenters. The first-order valence-electron chi connectivity index (χ1n) is 7.64. The molecule has 1 saturated carbocycles. The lowest BCUT2D eigenvalue weighted by Gasteiger charge is -2.02. The van der Waals surface area contributed by atoms with Gasteiger partial charge in [-0.2, -0.15) is 0 Å². The molecule has 5 heteroatoms. The lowest BCUT2D eigenvalue weighted by molar-refractivity contribution is 0.340. The van der Waals surface area contributed by atoms with Crippen molar-refractivity contribution in [2.45, 2.75) is 38.6 Å². The summed E-state index contributed by atoms with van der Waals surface area (Å²) in [6.07, 6.45) is 4.50. The Bertz CT molecular complexity index is 561. The van der Waals surface area contributed by atoms with Gasteiger partial charge >= 0.3 is 0 Å². The molecule has 0 spiro atoms. The summed E-state index contributed by atoms with van der Waals surface area (Å²) in [4.78, 5) is 0. The minimum Gasteiger partial charge on any atom is -0.494 e. The molecule has 1 aliphatic rings. The summed E-state index contributed by atoms with van der Waals surface area (Å²) in [6.45, 7) is 3.65. The second kappa shape index (κ2) is 6.72. The predicted molar refractivity (Wildman–Crippen MR) is 80.2 cm³/mol. The minimum absolute atomic E-state index is 0.572. The fraction of sp³-hybridized carbons (Fsp3) is 0.500. The third kappa shape index (κ3) is 4.04. The Morgan fingerprint density at radius 1 is 1.24 bits per heavy atom. The van der Waals surface area contributed by atoms with E-state index in [4.69, 9.17) is 9.15 Å². The Balaban J connectivity index is 1.53. The maximum atomic E-state index is 5.70. The van der Waals surface area contributed by atoms with Crippen LogP contribution in [0.4, 0.5) is 0 Å². The van der Waals surface area contributed by atoms with Gasteiger partial charge in [0, 0.05) is 18.0 Å². The standard InChI is InChI=1S/C16H21N3O2/c1-2-20-14-9-5-12(6-10-14)16-19-18-15(21-16)4-3-11-17-13-7-8-13/h5-6,9-10,13,17H,2-4,7-8,11H2,1H3. The summed E-state index contributed by atoms with van der Waals surface area (Å²) in [6, 6.07) is 8.48. The van der Waals surface area contributed by atoms with Crippen molar-refractivity contribution in [2.24, 2.45) is 0 Å². The molecule has 112 valence electrons. The van der Waals surface area contributed by atoms with Crippen molar-refractivity contribution < 1.29 is 9.15 Å². The highest BCUT2D eigenvalue weighted by molar-refractivity contribution is 5.53. The number of hydrogen-bond acceptors (Lipinski definition) is 5. The van der Waals surface area contributed by atoms with Crippen molar-refractivity contribution in [1.82, 2.24) is 15.5 Å². The van der Waals surface area contributed by atoms with E-state index in [2.05, 4.69) is 15.5 Å². The maximum Gasteiger partial charge on any atom is 0.247 e. The highest BCUT2D eigenvalue weighted by Gasteiger charge is 2.19. The average Bonchev–Trinajstić information content (AvgIpc) is 3.21. The van der Waals surface area contributed by atoms with Crippen LogP contribution in [0.15, 0.2) is 28.7 Å². The van der Waals surface area contributed by atoms with Gasteiger partial charge in [0.05, 0.1) is 6.61 Å². The van der Waals surface area contributed by atoms with E-state index in [-0.39, 0.29) is 0 Å². The molecule has 3 rings (SSSR count). The zero-order valence-corrected chi connectivity index (χ0v) is 12.3. The topological polar surface area (TPSA) is 60.2 Å². The van der Waals surface area contributed by atoms with E-state index in [0.29, 0.717) is 18.4 Å². The molecule has 1 aromatic heterocycles. The number of aryl methyl sites for hydroxylation is 1. The second-order valence-electron chi connectivity index (χ2n) is 5.29. The molecule has 0 amide bonds. The number of benzene rings is 1. The number of nitrogens with one attached hydrogen (secondary N) is 1. The summed E-state index contributed by atoms with van der Waals surface area (Å²) in [5.41, 5.74) is 0.924. The molecule has 0 saturated heterocycles. The van der Waals surface area contributed by atoms with Crippen molar-refractivity contribution in [3.63, 3.8) is 0 Å². The van der Waals surface area contributed by atoms with Crippen molar-refractivity contribution in [3.05, 3.63) is 30.2 Å². The quantitative estimate of drug-likeness (QED) is 0.756. The van der Waals surface area contributed by atoms with Gasteiger partial charge in [-0.05, 0) is 57.0 Å². The van der Waals surface area contributed by atoms with Gasteiger partial charge in [0.15, 0.2) is 0 Å². The minimum atomic E-state index is 0.572. The molecule has 0 atom stereocenters. The third-order valence-electron chi connectivity index (χ3n) is 3.46. The molecule has 1 aromatic carbocycles. The summed E-state index contributed by atoms with van der Waals surface area (Å²) in [7, 11) is 0. The molecule has 5 nitrogen and oxygen atoms in total. The third-order valence-corrected chi connectivity index (χ3v) is 3.46. The van der Waals surface area contributed by atoms with Crippen molar-refractivity contribution >= 4 is 0 Å². The van der Waals surface area contributed by atoms with Crippen molar-refractivity contribution in [1.29, 1.82) is 0 Å². The lowest BCUT2D eigenvalue weighted by atomic mass is 10.2. The van der Waals surface area contributed by atoms with Gasteiger partial charge in [-0.25, -0.2) is 0 Å². The van der Waals surface area contributed by atoms with E-state index in [1.807, 2.05) is 31.2 Å². The van der Waals surface area contributed by atoms with Crippen LogP contribution in [-0.2, 0) is 6.42 Å². The van der Waals surface area contributed by atoms with Gasteiger partial charge in [0.2, 0.25) is 11.8 Å². The van der Waals surface area contributed by atoms with Crippen LogP contribution in [0.1, 0.15) is 32.1 Å². The van der Waals surface area contributed by atoms with E-state index in [9.17, 15) is 0 Å². The Labute approximate surface area is 124 Å². The molecule has 0 bridgehead atoms. The van der Waals surface area contributed by atoms with Crippen LogP contribution in [0.5, 0.6) is 5.75 Å². The predicted octanol–water partition coefficient (Wildman–Crippen LogP) is 2.82. The van der Waals surface area contributed by atoms with Crippen LogP contribution in [0.25, 0.3) is 11.5 Å². The molecule has 21 heavy (non-hydrogen) atoms. The van der Waals surface area contributed by atoms with Gasteiger partial charge < -0.3 is 14.5 Å². The van der Waals surface area contributed by atoms with Crippen LogP contribution < -0.4 is 10.1 Å². The zero-order valence-electron chi connectivity index (χ0n) is 12.3. The van der Waals surface area contributed by atoms with Crippen LogP contribution >= 0.6 is 0 Å². The van der Waals surface area contributed by atoms with E-state index < -0.39 is 0 Å². The lowest BCUT2D eigenvalue weighted by Crippen LogP contribution is -2.17. The average molecular weight is 287 g/mol. The van der Waals surface area contributed by atoms with Crippen LogP contribution in [0, 0.1) is 0 Å². The molecule has 1 fully saturated rings. The normalized spacial score (nSPS) is 14.3. The summed E-state index contributed by atoms with van der Waals surface area (Å²) in [5, 5.41) is 11.7. The zero-order chi connectivity index (χ0) is 14.5. The monoisotopic (exact) mass is 287 g/mol. The van der Waals surface area contributed by atoms with Crippen LogP contribution in [0.2, 0.25) is 0 Å². The fourth-order valence-corrected chi connectivity index (χ4v) is 2.16. The van der Waals surface area contributed by atoms with Gasteiger partial charge in [0.25, 0.3) is 0 Å². The number of rotatable bonds is 8. The molecule has 0 aliphatic heterocycles. The second-order valence-corrected chi connectivity index (χ2v) is 5.29. The maximum absolute atomic E-state index is 5.70. The first kappa shape index (κ1) is 14.1. The molecule has 1 heterocycles. The van der Waals surface area contributed by atoms with Gasteiger partial charge in [0.1, 0.15) is 5.75 Å². The van der Waals surface area contributed by atoms with Crippen LogP contribution in [-0.4, -0.2) is 29.4 Å². The van der Waals surface area contributed by atoms with Gasteiger partial charge in [-0.15, -0.1) is 10.2 Å². The summed E-state index contributed by atoms with van der Waals surface area (Å²) < 4.78 is 11.1. The van der Waals surface area contributed by atoms with E-state index >= 15 is 0 Å². The van der Waals surface area contributed by atoms with Gasteiger partial charge in [-0.3, -0.25) is 0 Å². The Kier molecular flexibility index (Phi) is 4.50. The molecular formula is C16H21N3O2. The number of nitrogens with zero attached hydrogens (tertiary/aromatic N) is 2. The highest BCUT2D eigenvalue weighted by Crippen LogP contribution is 2.22. The first-order chi connectivity index (χ1) is 10.3.